The Kier molecular flexibility index (Phi) is 3.87. The first-order valence-corrected chi connectivity index (χ1v) is 8.24. The smallest absolute Gasteiger partial charge is 0.261 e. The normalized spacial score (nSPS) is 11.4. The lowest BCUT2D eigenvalue weighted by Gasteiger charge is -2.09. The van der Waals surface area contributed by atoms with E-state index in [1.165, 1.54) is 30.3 Å². The number of aromatic nitrogens is 1. The molecule has 0 radical (unpaired) electrons. The molecule has 2 aromatic carbocycles. The maximum atomic E-state index is 13.6. The largest absolute Gasteiger partial charge is 0.441 e. The van der Waals surface area contributed by atoms with E-state index in [9.17, 15) is 12.8 Å². The van der Waals surface area contributed by atoms with Gasteiger partial charge in [-0.25, -0.2) is 17.8 Å². The van der Waals surface area contributed by atoms with Crippen LogP contribution < -0.4 is 4.72 Å². The van der Waals surface area contributed by atoms with Gasteiger partial charge in [0.25, 0.3) is 10.0 Å². The van der Waals surface area contributed by atoms with Crippen LogP contribution in [0.4, 0.5) is 10.1 Å². The summed E-state index contributed by atoms with van der Waals surface area (Å²) >= 11 is 0. The first-order chi connectivity index (χ1) is 11.0. The third-order valence-corrected chi connectivity index (χ3v) is 4.57. The molecule has 0 aliphatic carbocycles. The van der Waals surface area contributed by atoms with Crippen molar-refractivity contribution in [3.05, 3.63) is 66.4 Å². The second kappa shape index (κ2) is 5.85. The van der Waals surface area contributed by atoms with Gasteiger partial charge in [-0.1, -0.05) is 12.1 Å². The molecule has 0 atom stereocenters. The van der Waals surface area contributed by atoms with E-state index in [1.54, 1.807) is 31.3 Å². The molecule has 118 valence electrons. The van der Waals surface area contributed by atoms with Crippen LogP contribution in [0, 0.1) is 12.7 Å². The molecule has 0 fully saturated rings. The third kappa shape index (κ3) is 3.24. The van der Waals surface area contributed by atoms with E-state index in [0.29, 0.717) is 17.2 Å². The van der Waals surface area contributed by atoms with Gasteiger partial charge in [-0.3, -0.25) is 4.72 Å². The molecule has 23 heavy (non-hydrogen) atoms. The van der Waals surface area contributed by atoms with E-state index < -0.39 is 15.8 Å². The molecule has 0 saturated heterocycles. The number of nitrogens with zero attached hydrogens (tertiary/aromatic N) is 1. The van der Waals surface area contributed by atoms with Gasteiger partial charge in [-0.05, 0) is 36.4 Å². The van der Waals surface area contributed by atoms with Crippen molar-refractivity contribution in [3.8, 4) is 11.3 Å². The molecule has 0 unspecified atom stereocenters. The van der Waals surface area contributed by atoms with E-state index in [1.807, 2.05) is 0 Å². The molecule has 1 heterocycles. The Labute approximate surface area is 132 Å². The third-order valence-electron chi connectivity index (χ3n) is 3.19. The van der Waals surface area contributed by atoms with E-state index in [-0.39, 0.29) is 10.6 Å². The molecule has 3 rings (SSSR count). The number of anilines is 1. The highest BCUT2D eigenvalue weighted by atomic mass is 32.2. The van der Waals surface area contributed by atoms with Crippen LogP contribution in [-0.4, -0.2) is 13.4 Å². The molecule has 0 amide bonds. The summed E-state index contributed by atoms with van der Waals surface area (Å²) in [7, 11) is -3.87. The van der Waals surface area contributed by atoms with Crippen LogP contribution in [0.1, 0.15) is 5.89 Å². The van der Waals surface area contributed by atoms with Crippen molar-refractivity contribution in [2.24, 2.45) is 0 Å². The van der Waals surface area contributed by atoms with Crippen LogP contribution in [0.5, 0.6) is 0 Å². The Morgan fingerprint density at radius 1 is 1.09 bits per heavy atom. The van der Waals surface area contributed by atoms with Crippen molar-refractivity contribution in [3.63, 3.8) is 0 Å². The predicted molar refractivity (Wildman–Crippen MR) is 83.9 cm³/mol. The van der Waals surface area contributed by atoms with Gasteiger partial charge in [0.05, 0.1) is 16.8 Å². The van der Waals surface area contributed by atoms with E-state index in [4.69, 9.17) is 4.42 Å². The minimum absolute atomic E-state index is 0.0285. The molecule has 3 aromatic rings. The van der Waals surface area contributed by atoms with Crippen LogP contribution in [-0.2, 0) is 10.0 Å². The van der Waals surface area contributed by atoms with E-state index in [0.717, 1.165) is 0 Å². The Hall–Kier alpha value is -2.67. The van der Waals surface area contributed by atoms with Crippen LogP contribution >= 0.6 is 0 Å². The van der Waals surface area contributed by atoms with Crippen molar-refractivity contribution in [1.82, 2.24) is 4.98 Å². The second-order valence-corrected chi connectivity index (χ2v) is 6.54. The number of aryl methyl sites for hydroxylation is 1. The van der Waals surface area contributed by atoms with Crippen molar-refractivity contribution >= 4 is 15.7 Å². The average Bonchev–Trinajstić information content (AvgIpc) is 2.96. The molecule has 0 spiro atoms. The number of hydrogen-bond acceptors (Lipinski definition) is 4. The summed E-state index contributed by atoms with van der Waals surface area (Å²) in [5.74, 6) is 0.441. The molecular weight excluding hydrogens is 319 g/mol. The lowest BCUT2D eigenvalue weighted by Crippen LogP contribution is -2.13. The lowest BCUT2D eigenvalue weighted by atomic mass is 10.2. The van der Waals surface area contributed by atoms with Crippen molar-refractivity contribution < 1.29 is 17.2 Å². The first-order valence-electron chi connectivity index (χ1n) is 6.76. The SMILES string of the molecule is Cc1ncc(-c2ccc(S(=O)(=O)Nc3ccccc3F)cc2)o1. The second-order valence-electron chi connectivity index (χ2n) is 4.85. The highest BCUT2D eigenvalue weighted by Crippen LogP contribution is 2.23. The van der Waals surface area contributed by atoms with Gasteiger partial charge in [0.1, 0.15) is 5.82 Å². The Balaban J connectivity index is 1.87. The zero-order valence-electron chi connectivity index (χ0n) is 12.2. The molecule has 1 aromatic heterocycles. The standard InChI is InChI=1S/C16H13FN2O3S/c1-11-18-10-16(22-11)12-6-8-13(9-7-12)23(20,21)19-15-5-3-2-4-14(15)17/h2-10,19H,1H3. The zero-order chi connectivity index (χ0) is 16.4. The number of hydrogen-bond donors (Lipinski definition) is 1. The molecule has 0 bridgehead atoms. The highest BCUT2D eigenvalue weighted by Gasteiger charge is 2.16. The number of sulfonamides is 1. The molecule has 0 aliphatic heterocycles. The van der Waals surface area contributed by atoms with Crippen LogP contribution in [0.25, 0.3) is 11.3 Å². The van der Waals surface area contributed by atoms with Crippen LogP contribution in [0.2, 0.25) is 0 Å². The maximum absolute atomic E-state index is 13.6. The van der Waals surface area contributed by atoms with Gasteiger partial charge in [-0.15, -0.1) is 0 Å². The molecule has 1 N–H and O–H groups in total. The molecule has 5 nitrogen and oxygen atoms in total. The van der Waals surface area contributed by atoms with Gasteiger partial charge < -0.3 is 4.42 Å². The quantitative estimate of drug-likeness (QED) is 0.792. The van der Waals surface area contributed by atoms with Crippen molar-refractivity contribution in [2.45, 2.75) is 11.8 Å². The van der Waals surface area contributed by atoms with Gasteiger partial charge in [0, 0.05) is 12.5 Å². The van der Waals surface area contributed by atoms with E-state index in [2.05, 4.69) is 9.71 Å². The van der Waals surface area contributed by atoms with Crippen LogP contribution in [0.3, 0.4) is 0 Å². The Morgan fingerprint density at radius 2 is 1.78 bits per heavy atom. The first kappa shape index (κ1) is 15.2. The minimum atomic E-state index is -3.87. The summed E-state index contributed by atoms with van der Waals surface area (Å²) in [4.78, 5) is 4.02. The number of rotatable bonds is 4. The molecular formula is C16H13FN2O3S. The summed E-state index contributed by atoms with van der Waals surface area (Å²) in [5, 5.41) is 0. The fourth-order valence-electron chi connectivity index (χ4n) is 2.04. The molecule has 0 saturated carbocycles. The van der Waals surface area contributed by atoms with Gasteiger partial charge in [0.15, 0.2) is 11.7 Å². The van der Waals surface area contributed by atoms with Crippen LogP contribution in [0.15, 0.2) is 64.0 Å². The average molecular weight is 332 g/mol. The van der Waals surface area contributed by atoms with Gasteiger partial charge in [0.2, 0.25) is 0 Å². The monoisotopic (exact) mass is 332 g/mol. The summed E-state index contributed by atoms with van der Waals surface area (Å²) in [5.41, 5.74) is 0.609. The number of para-hydroxylation sites is 1. The molecule has 7 heteroatoms. The Morgan fingerprint density at radius 3 is 2.39 bits per heavy atom. The summed E-state index contributed by atoms with van der Waals surface area (Å²) in [6.45, 7) is 1.72. The summed E-state index contributed by atoms with van der Waals surface area (Å²) in [6.07, 6.45) is 1.57. The zero-order valence-corrected chi connectivity index (χ0v) is 13.0. The predicted octanol–water partition coefficient (Wildman–Crippen LogP) is 3.59. The molecule has 0 aliphatic rings. The maximum Gasteiger partial charge on any atom is 0.261 e. The minimum Gasteiger partial charge on any atom is -0.441 e. The highest BCUT2D eigenvalue weighted by molar-refractivity contribution is 7.92. The lowest BCUT2D eigenvalue weighted by molar-refractivity contribution is 0.534. The fraction of sp³-hybridized carbons (Fsp3) is 0.0625. The summed E-state index contributed by atoms with van der Waals surface area (Å²) in [6, 6.07) is 11.7. The number of halogens is 1. The number of nitrogens with one attached hydrogen (secondary N) is 1. The number of oxazole rings is 1. The number of benzene rings is 2. The summed E-state index contributed by atoms with van der Waals surface area (Å²) < 4.78 is 45.8. The van der Waals surface area contributed by atoms with Crippen molar-refractivity contribution in [1.29, 1.82) is 0 Å². The topological polar surface area (TPSA) is 72.2 Å². The Bertz CT molecular complexity index is 934. The van der Waals surface area contributed by atoms with Gasteiger partial charge >= 0.3 is 0 Å². The van der Waals surface area contributed by atoms with Gasteiger partial charge in [-0.2, -0.15) is 0 Å². The van der Waals surface area contributed by atoms with Crippen molar-refractivity contribution in [2.75, 3.05) is 4.72 Å². The van der Waals surface area contributed by atoms with E-state index >= 15 is 0 Å². The fourth-order valence-corrected chi connectivity index (χ4v) is 3.11.